The van der Waals surface area contributed by atoms with E-state index >= 15 is 0 Å². The molecule has 0 fully saturated rings. The number of amidine groups is 1. The van der Waals surface area contributed by atoms with Crippen LogP contribution in [0.15, 0.2) is 71.4 Å². The van der Waals surface area contributed by atoms with Crippen molar-refractivity contribution in [2.24, 2.45) is 4.99 Å². The number of benzene rings is 2. The Bertz CT molecular complexity index is 942. The zero-order chi connectivity index (χ0) is 20.8. The van der Waals surface area contributed by atoms with Crippen molar-refractivity contribution in [2.75, 3.05) is 31.3 Å². The first-order valence-corrected chi connectivity index (χ1v) is 11.0. The first-order valence-electron chi connectivity index (χ1n) is 9.82. The summed E-state index contributed by atoms with van der Waals surface area (Å²) in [7, 11) is 1.77. The maximum atomic E-state index is 12.7. The monoisotopic (exact) mass is 405 g/mol. The van der Waals surface area contributed by atoms with E-state index in [-0.39, 0.29) is 5.91 Å². The summed E-state index contributed by atoms with van der Waals surface area (Å²) < 4.78 is 0. The number of likely N-dealkylation sites (N-methyl/N-ethyl adjacent to an activating group) is 1. The number of carbonyl (C=O) groups is 1. The predicted molar refractivity (Wildman–Crippen MR) is 126 cm³/mol. The van der Waals surface area contributed by atoms with Crippen LogP contribution in [0.25, 0.3) is 11.0 Å². The van der Waals surface area contributed by atoms with E-state index in [2.05, 4.69) is 48.0 Å². The second-order valence-electron chi connectivity index (χ2n) is 6.71. The minimum Gasteiger partial charge on any atom is -0.372 e. The van der Waals surface area contributed by atoms with E-state index in [1.54, 1.807) is 23.7 Å². The molecule has 1 heterocycles. The van der Waals surface area contributed by atoms with Gasteiger partial charge in [0.25, 0.3) is 5.91 Å². The summed E-state index contributed by atoms with van der Waals surface area (Å²) >= 11 is 1.65. The zero-order valence-corrected chi connectivity index (χ0v) is 18.2. The fraction of sp³-hybridized carbons (Fsp3) is 0.250. The van der Waals surface area contributed by atoms with E-state index in [0.29, 0.717) is 11.5 Å². The van der Waals surface area contributed by atoms with Crippen molar-refractivity contribution < 1.29 is 4.79 Å². The lowest BCUT2D eigenvalue weighted by Gasteiger charge is -2.20. The summed E-state index contributed by atoms with van der Waals surface area (Å²) in [5, 5.41) is 0. The van der Waals surface area contributed by atoms with E-state index in [1.807, 2.05) is 48.7 Å². The predicted octanol–water partition coefficient (Wildman–Crippen LogP) is 5.15. The van der Waals surface area contributed by atoms with Crippen LogP contribution in [0.1, 0.15) is 25.0 Å². The van der Waals surface area contributed by atoms with Gasteiger partial charge >= 0.3 is 0 Å². The second kappa shape index (κ2) is 9.61. The summed E-state index contributed by atoms with van der Waals surface area (Å²) in [6, 6.07) is 18.4. The Morgan fingerprint density at radius 1 is 1.07 bits per heavy atom. The van der Waals surface area contributed by atoms with Gasteiger partial charge in [0.15, 0.2) is 0 Å². The highest BCUT2D eigenvalue weighted by atomic mass is 32.2. The van der Waals surface area contributed by atoms with Crippen molar-refractivity contribution in [3.8, 4) is 0 Å². The van der Waals surface area contributed by atoms with Crippen LogP contribution in [-0.2, 0) is 4.79 Å². The molecule has 0 aliphatic carbocycles. The molecule has 0 unspecified atom stereocenters. The molecule has 0 saturated carbocycles. The number of amides is 1. The maximum absolute atomic E-state index is 12.7. The Labute approximate surface area is 177 Å². The summed E-state index contributed by atoms with van der Waals surface area (Å²) in [6.07, 6.45) is 5.86. The summed E-state index contributed by atoms with van der Waals surface area (Å²) in [5.41, 5.74) is 3.74. The van der Waals surface area contributed by atoms with E-state index in [9.17, 15) is 4.79 Å². The second-order valence-corrected chi connectivity index (χ2v) is 7.55. The Morgan fingerprint density at radius 3 is 2.31 bits per heavy atom. The molecule has 0 spiro atoms. The molecule has 3 rings (SSSR count). The van der Waals surface area contributed by atoms with Crippen LogP contribution in [0, 0.1) is 0 Å². The van der Waals surface area contributed by atoms with E-state index in [0.717, 1.165) is 29.1 Å². The van der Waals surface area contributed by atoms with Crippen LogP contribution in [0.2, 0.25) is 0 Å². The van der Waals surface area contributed by atoms with E-state index < -0.39 is 0 Å². The van der Waals surface area contributed by atoms with Crippen LogP contribution >= 0.6 is 11.8 Å². The van der Waals surface area contributed by atoms with Gasteiger partial charge in [-0.25, -0.2) is 4.99 Å². The van der Waals surface area contributed by atoms with Crippen LogP contribution in [0.3, 0.4) is 0 Å². The molecule has 0 saturated heterocycles. The Morgan fingerprint density at radius 2 is 1.72 bits per heavy atom. The number of hydrogen-bond acceptors (Lipinski definition) is 4. The standard InChI is InChI=1S/C24H27N3OS/c1-5-27(6-2)20-14-12-18(13-15-20)16-21-24(28)26(3)23(25-21)17-22(29-4)19-10-8-7-9-11-19/h7-17H,5-6H2,1-4H3/b21-16-,22-17-. The fourth-order valence-corrected chi connectivity index (χ4v) is 3.85. The lowest BCUT2D eigenvalue weighted by Crippen LogP contribution is -2.26. The van der Waals surface area contributed by atoms with Crippen LogP contribution < -0.4 is 4.90 Å². The SMILES string of the molecule is CCN(CC)c1ccc(/C=C2N=C(/C=C(\SC)c3ccccc3)N(C)C\2=O)cc1. The summed E-state index contributed by atoms with van der Waals surface area (Å²) in [5.74, 6) is 0.576. The molecule has 29 heavy (non-hydrogen) atoms. The Hall–Kier alpha value is -2.79. The van der Waals surface area contributed by atoms with E-state index in [4.69, 9.17) is 0 Å². The highest BCUT2D eigenvalue weighted by Crippen LogP contribution is 2.27. The molecule has 0 radical (unpaired) electrons. The Balaban J connectivity index is 1.88. The smallest absolute Gasteiger partial charge is 0.277 e. The molecule has 1 amide bonds. The average molecular weight is 406 g/mol. The number of anilines is 1. The van der Waals surface area contributed by atoms with Crippen LogP contribution in [0.4, 0.5) is 5.69 Å². The zero-order valence-electron chi connectivity index (χ0n) is 17.4. The molecular formula is C24H27N3OS. The molecular weight excluding hydrogens is 378 g/mol. The van der Waals surface area contributed by atoms with Gasteiger partial charge in [-0.15, -0.1) is 11.8 Å². The van der Waals surface area contributed by atoms with Gasteiger partial charge in [-0.2, -0.15) is 0 Å². The van der Waals surface area contributed by atoms with Gasteiger partial charge in [0.05, 0.1) is 0 Å². The topological polar surface area (TPSA) is 35.9 Å². The van der Waals surface area contributed by atoms with Gasteiger partial charge in [-0.3, -0.25) is 9.69 Å². The van der Waals surface area contributed by atoms with Crippen molar-refractivity contribution in [3.63, 3.8) is 0 Å². The maximum Gasteiger partial charge on any atom is 0.277 e. The molecule has 0 atom stereocenters. The number of hydrogen-bond donors (Lipinski definition) is 0. The molecule has 0 N–H and O–H groups in total. The third kappa shape index (κ3) is 4.80. The minimum absolute atomic E-state index is 0.0856. The normalized spacial score (nSPS) is 15.8. The number of aliphatic imine (C=N–C) groups is 1. The van der Waals surface area contributed by atoms with Crippen molar-refractivity contribution in [3.05, 3.63) is 77.5 Å². The van der Waals surface area contributed by atoms with Gasteiger partial charge in [-0.1, -0.05) is 42.5 Å². The molecule has 150 valence electrons. The molecule has 4 nitrogen and oxygen atoms in total. The molecule has 1 aliphatic rings. The van der Waals surface area contributed by atoms with Gasteiger partial charge in [-0.05, 0) is 55.5 Å². The first kappa shape index (κ1) is 20.9. The van der Waals surface area contributed by atoms with Crippen LogP contribution in [-0.4, -0.2) is 43.0 Å². The Kier molecular flexibility index (Phi) is 6.94. The quantitative estimate of drug-likeness (QED) is 0.598. The average Bonchev–Trinajstić information content (AvgIpc) is 3.02. The van der Waals surface area contributed by atoms with Gasteiger partial charge in [0, 0.05) is 30.7 Å². The highest BCUT2D eigenvalue weighted by molar-refractivity contribution is 8.07. The molecule has 0 bridgehead atoms. The van der Waals surface area contributed by atoms with Gasteiger partial charge in [0.2, 0.25) is 0 Å². The lowest BCUT2D eigenvalue weighted by atomic mass is 10.1. The van der Waals surface area contributed by atoms with Crippen molar-refractivity contribution >= 4 is 40.2 Å². The van der Waals surface area contributed by atoms with Crippen molar-refractivity contribution in [2.45, 2.75) is 13.8 Å². The fourth-order valence-electron chi connectivity index (χ4n) is 3.25. The molecule has 2 aromatic rings. The summed E-state index contributed by atoms with van der Waals surface area (Å²) in [4.78, 5) is 22.3. The third-order valence-corrected chi connectivity index (χ3v) is 5.76. The van der Waals surface area contributed by atoms with E-state index in [1.165, 1.54) is 5.69 Å². The van der Waals surface area contributed by atoms with Gasteiger partial charge < -0.3 is 4.90 Å². The number of rotatable bonds is 7. The number of carbonyl (C=O) groups excluding carboxylic acids is 1. The van der Waals surface area contributed by atoms with Crippen molar-refractivity contribution in [1.29, 1.82) is 0 Å². The molecule has 5 heteroatoms. The highest BCUT2D eigenvalue weighted by Gasteiger charge is 2.26. The molecule has 1 aliphatic heterocycles. The lowest BCUT2D eigenvalue weighted by molar-refractivity contribution is -0.121. The largest absolute Gasteiger partial charge is 0.372 e. The van der Waals surface area contributed by atoms with Gasteiger partial charge in [0.1, 0.15) is 11.5 Å². The van der Waals surface area contributed by atoms with Crippen molar-refractivity contribution in [1.82, 2.24) is 4.90 Å². The third-order valence-electron chi connectivity index (χ3n) is 4.97. The minimum atomic E-state index is -0.0856. The molecule has 2 aromatic carbocycles. The summed E-state index contributed by atoms with van der Waals surface area (Å²) in [6.45, 7) is 6.24. The first-order chi connectivity index (χ1) is 14.1. The van der Waals surface area contributed by atoms with Crippen LogP contribution in [0.5, 0.6) is 0 Å². The number of thioether (sulfide) groups is 1. The molecule has 0 aromatic heterocycles. The number of nitrogens with zero attached hydrogens (tertiary/aromatic N) is 3.